The Morgan fingerprint density at radius 3 is 2.85 bits per heavy atom. The fourth-order valence-corrected chi connectivity index (χ4v) is 3.79. The molecule has 0 bridgehead atoms. The molecular weight excluding hydrogens is 220 g/mol. The Morgan fingerprint density at radius 2 is 2.15 bits per heavy atom. The highest BCUT2D eigenvalue weighted by molar-refractivity contribution is 7.99. The molecule has 13 heavy (non-hydrogen) atoms. The van der Waals surface area contributed by atoms with Crippen LogP contribution in [0.3, 0.4) is 0 Å². The lowest BCUT2D eigenvalue weighted by Gasteiger charge is -1.99. The van der Waals surface area contributed by atoms with Gasteiger partial charge < -0.3 is 0 Å². The van der Waals surface area contributed by atoms with Crippen LogP contribution in [0.25, 0.3) is 10.1 Å². The van der Waals surface area contributed by atoms with Crippen molar-refractivity contribution < 1.29 is 0 Å². The molecule has 1 aromatic carbocycles. The molecule has 2 aromatic rings. The number of benzene rings is 1. The van der Waals surface area contributed by atoms with Crippen LogP contribution in [-0.2, 0) is 0 Å². The smallest absolute Gasteiger partial charge is 0.0423 e. The van der Waals surface area contributed by atoms with Gasteiger partial charge in [0.05, 0.1) is 0 Å². The highest BCUT2D eigenvalue weighted by Gasteiger charge is 2.06. The average molecular weight is 229 g/mol. The van der Waals surface area contributed by atoms with Crippen LogP contribution in [0, 0.1) is 6.92 Å². The third kappa shape index (κ3) is 1.58. The maximum atomic E-state index is 5.98. The van der Waals surface area contributed by atoms with Crippen LogP contribution in [0.2, 0.25) is 5.02 Å². The number of fused-ring (bicyclic) bond motifs is 1. The molecule has 1 heterocycles. The number of thioether (sulfide) groups is 1. The normalized spacial score (nSPS) is 11.0. The number of rotatable bonds is 1. The summed E-state index contributed by atoms with van der Waals surface area (Å²) in [6.45, 7) is 2.11. The highest BCUT2D eigenvalue weighted by atomic mass is 35.5. The Morgan fingerprint density at radius 1 is 1.38 bits per heavy atom. The lowest BCUT2D eigenvalue weighted by molar-refractivity contribution is 1.50. The zero-order chi connectivity index (χ0) is 9.42. The van der Waals surface area contributed by atoms with E-state index in [0.717, 1.165) is 5.02 Å². The van der Waals surface area contributed by atoms with Crippen molar-refractivity contribution in [2.24, 2.45) is 0 Å². The summed E-state index contributed by atoms with van der Waals surface area (Å²) in [4.78, 5) is 1.36. The first-order chi connectivity index (χ1) is 6.22. The van der Waals surface area contributed by atoms with Crippen LogP contribution >= 0.6 is 34.7 Å². The zero-order valence-corrected chi connectivity index (χ0v) is 9.82. The summed E-state index contributed by atoms with van der Waals surface area (Å²) in [5.74, 6) is 0. The molecule has 0 spiro atoms. The molecule has 0 unspecified atom stereocenters. The van der Waals surface area contributed by atoms with E-state index in [1.807, 2.05) is 12.1 Å². The van der Waals surface area contributed by atoms with Crippen LogP contribution in [-0.4, -0.2) is 6.26 Å². The third-order valence-corrected chi connectivity index (χ3v) is 4.08. The van der Waals surface area contributed by atoms with Crippen LogP contribution < -0.4 is 0 Å². The first-order valence-corrected chi connectivity index (χ1v) is 6.42. The van der Waals surface area contributed by atoms with Gasteiger partial charge in [-0.3, -0.25) is 0 Å². The monoisotopic (exact) mass is 228 g/mol. The predicted octanol–water partition coefficient (Wildman–Crippen LogP) is 4.59. The van der Waals surface area contributed by atoms with Gasteiger partial charge in [-0.25, -0.2) is 0 Å². The second-order valence-corrected chi connectivity index (χ2v) is 5.10. The molecule has 0 aliphatic carbocycles. The predicted molar refractivity (Wildman–Crippen MR) is 63.4 cm³/mol. The van der Waals surface area contributed by atoms with E-state index in [0.29, 0.717) is 0 Å². The fourth-order valence-electron chi connectivity index (χ4n) is 1.45. The van der Waals surface area contributed by atoms with Crippen molar-refractivity contribution in [3.05, 3.63) is 28.1 Å². The van der Waals surface area contributed by atoms with Crippen molar-refractivity contribution in [2.75, 3.05) is 6.26 Å². The molecule has 1 aromatic heterocycles. The van der Waals surface area contributed by atoms with Crippen LogP contribution in [0.5, 0.6) is 0 Å². The van der Waals surface area contributed by atoms with Gasteiger partial charge in [0.25, 0.3) is 0 Å². The first-order valence-electron chi connectivity index (χ1n) is 3.93. The lowest BCUT2D eigenvalue weighted by Crippen LogP contribution is -1.75. The number of aryl methyl sites for hydroxylation is 1. The van der Waals surface area contributed by atoms with Crippen molar-refractivity contribution in [3.63, 3.8) is 0 Å². The standard InChI is InChI=1S/C10H9ClS2/c1-6-3-7(11)4-8-10(6)9(12-2)5-13-8/h3-5H,1-2H3. The Hall–Kier alpha value is -0.180. The maximum Gasteiger partial charge on any atom is 0.0423 e. The molecule has 0 fully saturated rings. The van der Waals surface area contributed by atoms with Gasteiger partial charge in [-0.15, -0.1) is 23.1 Å². The second kappa shape index (κ2) is 3.52. The zero-order valence-electron chi connectivity index (χ0n) is 7.43. The van der Waals surface area contributed by atoms with Gasteiger partial charge >= 0.3 is 0 Å². The van der Waals surface area contributed by atoms with E-state index in [9.17, 15) is 0 Å². The molecule has 0 N–H and O–H groups in total. The van der Waals surface area contributed by atoms with Crippen LogP contribution in [0.1, 0.15) is 5.56 Å². The van der Waals surface area contributed by atoms with E-state index >= 15 is 0 Å². The van der Waals surface area contributed by atoms with Gasteiger partial charge in [-0.1, -0.05) is 11.6 Å². The summed E-state index contributed by atoms with van der Waals surface area (Å²) >= 11 is 9.53. The minimum absolute atomic E-state index is 0.833. The van der Waals surface area contributed by atoms with Gasteiger partial charge in [-0.05, 0) is 30.9 Å². The molecule has 68 valence electrons. The Labute approximate surface area is 90.9 Å². The average Bonchev–Trinajstić information content (AvgIpc) is 2.47. The van der Waals surface area contributed by atoms with Gasteiger partial charge in [0, 0.05) is 25.4 Å². The SMILES string of the molecule is CSc1csc2cc(Cl)cc(C)c12. The second-order valence-electron chi connectivity index (χ2n) is 2.90. The Kier molecular flexibility index (Phi) is 2.54. The van der Waals surface area contributed by atoms with Gasteiger partial charge in [-0.2, -0.15) is 0 Å². The summed E-state index contributed by atoms with van der Waals surface area (Å²) < 4.78 is 1.29. The van der Waals surface area contributed by atoms with E-state index in [2.05, 4.69) is 18.6 Å². The van der Waals surface area contributed by atoms with Crippen molar-refractivity contribution in [3.8, 4) is 0 Å². The quantitative estimate of drug-likeness (QED) is 0.644. The van der Waals surface area contributed by atoms with E-state index in [1.165, 1.54) is 20.5 Å². The Bertz CT molecular complexity index is 445. The lowest BCUT2D eigenvalue weighted by atomic mass is 10.1. The summed E-state index contributed by atoms with van der Waals surface area (Å²) in [7, 11) is 0. The van der Waals surface area contributed by atoms with Crippen molar-refractivity contribution in [2.45, 2.75) is 11.8 Å². The topological polar surface area (TPSA) is 0 Å². The molecule has 3 heteroatoms. The third-order valence-electron chi connectivity index (χ3n) is 2.02. The number of hydrogen-bond acceptors (Lipinski definition) is 2. The largest absolute Gasteiger partial charge is 0.143 e. The molecule has 0 aliphatic rings. The number of halogens is 1. The van der Waals surface area contributed by atoms with Gasteiger partial charge in [0.15, 0.2) is 0 Å². The minimum Gasteiger partial charge on any atom is -0.143 e. The van der Waals surface area contributed by atoms with Crippen molar-refractivity contribution in [1.82, 2.24) is 0 Å². The van der Waals surface area contributed by atoms with E-state index in [-0.39, 0.29) is 0 Å². The van der Waals surface area contributed by atoms with Crippen molar-refractivity contribution in [1.29, 1.82) is 0 Å². The molecular formula is C10H9ClS2. The van der Waals surface area contributed by atoms with Gasteiger partial charge in [0.1, 0.15) is 0 Å². The molecule has 0 aliphatic heterocycles. The van der Waals surface area contributed by atoms with Gasteiger partial charge in [0.2, 0.25) is 0 Å². The summed E-state index contributed by atoms with van der Waals surface area (Å²) in [5.41, 5.74) is 1.27. The van der Waals surface area contributed by atoms with E-state index < -0.39 is 0 Å². The molecule has 0 atom stereocenters. The summed E-state index contributed by atoms with van der Waals surface area (Å²) in [5, 5.41) is 4.39. The first kappa shape index (κ1) is 9.38. The highest BCUT2D eigenvalue weighted by Crippen LogP contribution is 2.36. The number of thiophene rings is 1. The number of hydrogen-bond donors (Lipinski definition) is 0. The minimum atomic E-state index is 0.833. The van der Waals surface area contributed by atoms with Crippen LogP contribution in [0.4, 0.5) is 0 Å². The summed E-state index contributed by atoms with van der Waals surface area (Å²) in [6.07, 6.45) is 2.11. The van der Waals surface area contributed by atoms with Crippen LogP contribution in [0.15, 0.2) is 22.4 Å². The Balaban J connectivity index is 2.82. The summed E-state index contributed by atoms with van der Waals surface area (Å²) in [6, 6.07) is 4.06. The molecule has 0 nitrogen and oxygen atoms in total. The molecule has 2 rings (SSSR count). The maximum absolute atomic E-state index is 5.98. The fraction of sp³-hybridized carbons (Fsp3) is 0.200. The molecule has 0 saturated heterocycles. The van der Waals surface area contributed by atoms with Crippen molar-refractivity contribution >= 4 is 44.8 Å². The molecule has 0 radical (unpaired) electrons. The van der Waals surface area contributed by atoms with E-state index in [1.54, 1.807) is 23.1 Å². The van der Waals surface area contributed by atoms with E-state index in [4.69, 9.17) is 11.6 Å². The molecule has 0 saturated carbocycles. The molecule has 0 amide bonds.